The number of ketones is 1. The van der Waals surface area contributed by atoms with Gasteiger partial charge in [-0.3, -0.25) is 9.78 Å². The minimum absolute atomic E-state index is 0.0593. The molecule has 0 saturated carbocycles. The number of benzene rings is 1. The molecule has 0 aliphatic carbocycles. The van der Waals surface area contributed by atoms with E-state index in [1.54, 1.807) is 6.20 Å². The summed E-state index contributed by atoms with van der Waals surface area (Å²) < 4.78 is 13.2. The number of pyridine rings is 1. The first-order valence-electron chi connectivity index (χ1n) is 5.36. The molecule has 86 valence electrons. The first-order valence-corrected chi connectivity index (χ1v) is 5.36. The normalized spacial score (nSPS) is 10.2. The van der Waals surface area contributed by atoms with E-state index in [0.29, 0.717) is 17.5 Å². The van der Waals surface area contributed by atoms with Crippen LogP contribution in [0.2, 0.25) is 0 Å². The molecule has 3 heteroatoms. The highest BCUT2D eigenvalue weighted by molar-refractivity contribution is 5.95. The van der Waals surface area contributed by atoms with Gasteiger partial charge in [0.05, 0.1) is 0 Å². The molecule has 0 unspecified atom stereocenters. The summed E-state index contributed by atoms with van der Waals surface area (Å²) in [6.07, 6.45) is 2.15. The largest absolute Gasteiger partial charge is 0.295 e. The van der Waals surface area contributed by atoms with Gasteiger partial charge in [0.15, 0.2) is 5.78 Å². The second-order valence-corrected chi connectivity index (χ2v) is 3.86. The summed E-state index contributed by atoms with van der Waals surface area (Å²) >= 11 is 0. The molecule has 0 bridgehead atoms. The van der Waals surface area contributed by atoms with Gasteiger partial charge in [0.2, 0.25) is 0 Å². The third-order valence-electron chi connectivity index (χ3n) is 2.54. The molecule has 2 nitrogen and oxygen atoms in total. The Morgan fingerprint density at radius 3 is 2.76 bits per heavy atom. The van der Waals surface area contributed by atoms with Crippen LogP contribution in [0.15, 0.2) is 42.6 Å². The van der Waals surface area contributed by atoms with E-state index in [4.69, 9.17) is 0 Å². The molecule has 0 atom stereocenters. The molecule has 1 aromatic carbocycles. The van der Waals surface area contributed by atoms with Gasteiger partial charge in [-0.15, -0.1) is 0 Å². The molecule has 2 aromatic rings. The van der Waals surface area contributed by atoms with Gasteiger partial charge in [0.1, 0.15) is 5.82 Å². The maximum Gasteiger partial charge on any atom is 0.160 e. The van der Waals surface area contributed by atoms with Crippen LogP contribution < -0.4 is 0 Å². The Kier molecular flexibility index (Phi) is 3.28. The lowest BCUT2D eigenvalue weighted by Gasteiger charge is -2.06. The molecule has 0 fully saturated rings. The van der Waals surface area contributed by atoms with Crippen LogP contribution in [0.1, 0.15) is 28.5 Å². The lowest BCUT2D eigenvalue weighted by atomic mass is 10.00. The number of carbonyl (C=O) groups excluding carboxylic acids is 1. The van der Waals surface area contributed by atoms with E-state index in [-0.39, 0.29) is 11.6 Å². The molecule has 0 amide bonds. The summed E-state index contributed by atoms with van der Waals surface area (Å²) in [5, 5.41) is 0. The van der Waals surface area contributed by atoms with Crippen molar-refractivity contribution in [1.82, 2.24) is 4.98 Å². The zero-order valence-corrected chi connectivity index (χ0v) is 9.48. The van der Waals surface area contributed by atoms with Crippen molar-refractivity contribution >= 4 is 5.78 Å². The van der Waals surface area contributed by atoms with Gasteiger partial charge in [0.25, 0.3) is 0 Å². The van der Waals surface area contributed by atoms with Crippen molar-refractivity contribution in [3.8, 4) is 0 Å². The van der Waals surface area contributed by atoms with Gasteiger partial charge < -0.3 is 0 Å². The molecule has 1 aromatic heterocycles. The summed E-state index contributed by atoms with van der Waals surface area (Å²) in [6.45, 7) is 1.48. The molecular weight excluding hydrogens is 217 g/mol. The smallest absolute Gasteiger partial charge is 0.160 e. The van der Waals surface area contributed by atoms with Gasteiger partial charge in [-0.1, -0.05) is 6.07 Å². The highest BCUT2D eigenvalue weighted by Crippen LogP contribution is 2.15. The van der Waals surface area contributed by atoms with Crippen LogP contribution >= 0.6 is 0 Å². The van der Waals surface area contributed by atoms with Gasteiger partial charge in [-0.05, 0) is 42.8 Å². The van der Waals surface area contributed by atoms with Crippen molar-refractivity contribution < 1.29 is 9.18 Å². The average molecular weight is 229 g/mol. The Morgan fingerprint density at radius 1 is 1.29 bits per heavy atom. The predicted octanol–water partition coefficient (Wildman–Crippen LogP) is 3.01. The Balaban J connectivity index is 2.37. The molecule has 0 radical (unpaired) electrons. The fourth-order valence-electron chi connectivity index (χ4n) is 1.75. The third kappa shape index (κ3) is 2.75. The molecule has 1 heterocycles. The van der Waals surface area contributed by atoms with Gasteiger partial charge in [0, 0.05) is 23.9 Å². The summed E-state index contributed by atoms with van der Waals surface area (Å²) in [5.74, 6) is -0.392. The quantitative estimate of drug-likeness (QED) is 0.757. The fraction of sp³-hybridized carbons (Fsp3) is 0.143. The highest BCUT2D eigenvalue weighted by Gasteiger charge is 2.09. The Hall–Kier alpha value is -2.03. The minimum Gasteiger partial charge on any atom is -0.295 e. The van der Waals surface area contributed by atoms with Crippen LogP contribution in [0.25, 0.3) is 0 Å². The summed E-state index contributed by atoms with van der Waals surface area (Å²) in [4.78, 5) is 15.6. The van der Waals surface area contributed by atoms with E-state index >= 15 is 0 Å². The Bertz CT molecular complexity index is 537. The molecule has 0 spiro atoms. The minimum atomic E-state index is -0.332. The van der Waals surface area contributed by atoms with E-state index in [9.17, 15) is 9.18 Å². The van der Waals surface area contributed by atoms with E-state index in [1.165, 1.54) is 25.1 Å². The molecule has 17 heavy (non-hydrogen) atoms. The number of Topliss-reactive ketones (excluding diaryl/α,β-unsaturated/α-hetero) is 1. The number of nitrogens with zero attached hydrogens (tertiary/aromatic N) is 1. The molecule has 2 rings (SSSR count). The maximum atomic E-state index is 13.2. The standard InChI is InChI=1S/C14H12FNO/c1-10(17)14-6-5-12(15)8-11(14)9-13-4-2-3-7-16-13/h2-8H,9H2,1H3. The second kappa shape index (κ2) is 4.87. The summed E-state index contributed by atoms with van der Waals surface area (Å²) in [5.41, 5.74) is 2.05. The summed E-state index contributed by atoms with van der Waals surface area (Å²) in [7, 11) is 0. The Morgan fingerprint density at radius 2 is 2.12 bits per heavy atom. The SMILES string of the molecule is CC(=O)c1ccc(F)cc1Cc1ccccn1. The van der Waals surface area contributed by atoms with Crippen molar-refractivity contribution in [2.45, 2.75) is 13.3 Å². The zero-order valence-electron chi connectivity index (χ0n) is 9.48. The van der Waals surface area contributed by atoms with Crippen LogP contribution in [-0.2, 0) is 6.42 Å². The monoisotopic (exact) mass is 229 g/mol. The van der Waals surface area contributed by atoms with Crippen LogP contribution in [0.4, 0.5) is 4.39 Å². The van der Waals surface area contributed by atoms with E-state index < -0.39 is 0 Å². The lowest BCUT2D eigenvalue weighted by molar-refractivity contribution is 0.101. The second-order valence-electron chi connectivity index (χ2n) is 3.86. The molecule has 0 saturated heterocycles. The molecule has 0 N–H and O–H groups in total. The number of hydrogen-bond acceptors (Lipinski definition) is 2. The van der Waals surface area contributed by atoms with Crippen LogP contribution in [0.3, 0.4) is 0 Å². The van der Waals surface area contributed by atoms with E-state index in [1.807, 2.05) is 18.2 Å². The number of hydrogen-bond donors (Lipinski definition) is 0. The van der Waals surface area contributed by atoms with Crippen molar-refractivity contribution in [2.24, 2.45) is 0 Å². The topological polar surface area (TPSA) is 30.0 Å². The van der Waals surface area contributed by atoms with Crippen LogP contribution in [0.5, 0.6) is 0 Å². The summed E-state index contributed by atoms with van der Waals surface area (Å²) in [6, 6.07) is 9.77. The number of rotatable bonds is 3. The van der Waals surface area contributed by atoms with Gasteiger partial charge in [-0.2, -0.15) is 0 Å². The van der Waals surface area contributed by atoms with Crippen molar-refractivity contribution in [1.29, 1.82) is 0 Å². The number of carbonyl (C=O) groups is 1. The zero-order chi connectivity index (χ0) is 12.3. The number of halogens is 1. The van der Waals surface area contributed by atoms with E-state index in [0.717, 1.165) is 5.69 Å². The first-order chi connectivity index (χ1) is 8.16. The number of aromatic nitrogens is 1. The van der Waals surface area contributed by atoms with Crippen LogP contribution in [-0.4, -0.2) is 10.8 Å². The van der Waals surface area contributed by atoms with Crippen molar-refractivity contribution in [2.75, 3.05) is 0 Å². The van der Waals surface area contributed by atoms with Crippen molar-refractivity contribution in [3.05, 3.63) is 65.2 Å². The van der Waals surface area contributed by atoms with E-state index in [2.05, 4.69) is 4.98 Å². The Labute approximate surface area is 99.1 Å². The first kappa shape index (κ1) is 11.5. The molecule has 0 aliphatic rings. The lowest BCUT2D eigenvalue weighted by Crippen LogP contribution is -2.02. The maximum absolute atomic E-state index is 13.2. The van der Waals surface area contributed by atoms with Gasteiger partial charge >= 0.3 is 0 Å². The third-order valence-corrected chi connectivity index (χ3v) is 2.54. The van der Waals surface area contributed by atoms with Crippen molar-refractivity contribution in [3.63, 3.8) is 0 Å². The van der Waals surface area contributed by atoms with Gasteiger partial charge in [-0.25, -0.2) is 4.39 Å². The molecular formula is C14H12FNO. The highest BCUT2D eigenvalue weighted by atomic mass is 19.1. The fourth-order valence-corrected chi connectivity index (χ4v) is 1.75. The molecule has 0 aliphatic heterocycles. The van der Waals surface area contributed by atoms with Crippen LogP contribution in [0, 0.1) is 5.82 Å². The predicted molar refractivity (Wildman–Crippen MR) is 63.4 cm³/mol. The average Bonchev–Trinajstić information content (AvgIpc) is 2.30.